The van der Waals surface area contributed by atoms with Crippen LogP contribution in [0, 0.1) is 5.92 Å². The predicted octanol–water partition coefficient (Wildman–Crippen LogP) is 2.82. The number of likely N-dealkylation sites (tertiary alicyclic amines) is 2. The van der Waals surface area contributed by atoms with Gasteiger partial charge in [0.05, 0.1) is 13.0 Å². The maximum Gasteiger partial charge on any atom is 0.225 e. The SMILES string of the molecule is COc1ccccc1CN1CC(C(=O)NC2CCN(Cc3ccccc3)CC2)CC1=O. The Balaban J connectivity index is 1.24. The highest BCUT2D eigenvalue weighted by Crippen LogP contribution is 2.25. The Bertz CT molecular complexity index is 894. The van der Waals surface area contributed by atoms with Gasteiger partial charge >= 0.3 is 0 Å². The summed E-state index contributed by atoms with van der Waals surface area (Å²) in [5.74, 6) is 0.538. The minimum Gasteiger partial charge on any atom is -0.496 e. The van der Waals surface area contributed by atoms with E-state index in [0.717, 1.165) is 43.8 Å². The first-order chi connectivity index (χ1) is 15.1. The van der Waals surface area contributed by atoms with Crippen LogP contribution in [0.2, 0.25) is 0 Å². The summed E-state index contributed by atoms with van der Waals surface area (Å²) in [6.07, 6.45) is 2.18. The molecule has 0 saturated carbocycles. The van der Waals surface area contributed by atoms with Crippen molar-refractivity contribution in [2.45, 2.75) is 38.4 Å². The number of hydrogen-bond acceptors (Lipinski definition) is 4. The maximum absolute atomic E-state index is 12.8. The van der Waals surface area contributed by atoms with Crippen LogP contribution < -0.4 is 10.1 Å². The van der Waals surface area contributed by atoms with Crippen molar-refractivity contribution in [2.24, 2.45) is 5.92 Å². The van der Waals surface area contributed by atoms with Crippen molar-refractivity contribution in [3.05, 3.63) is 65.7 Å². The number of benzene rings is 2. The molecule has 2 fully saturated rings. The molecule has 2 aliphatic heterocycles. The highest BCUT2D eigenvalue weighted by atomic mass is 16.5. The molecule has 0 aromatic heterocycles. The zero-order chi connectivity index (χ0) is 21.6. The molecular formula is C25H31N3O3. The minimum atomic E-state index is -0.274. The monoisotopic (exact) mass is 421 g/mol. The van der Waals surface area contributed by atoms with Gasteiger partial charge in [-0.2, -0.15) is 0 Å². The van der Waals surface area contributed by atoms with Gasteiger partial charge < -0.3 is 15.0 Å². The van der Waals surface area contributed by atoms with Crippen LogP contribution in [0.1, 0.15) is 30.4 Å². The van der Waals surface area contributed by atoms with E-state index in [4.69, 9.17) is 4.74 Å². The molecule has 0 spiro atoms. The lowest BCUT2D eigenvalue weighted by atomic mass is 10.0. The van der Waals surface area contributed by atoms with E-state index in [1.807, 2.05) is 30.3 Å². The summed E-state index contributed by atoms with van der Waals surface area (Å²) >= 11 is 0. The first kappa shape index (κ1) is 21.4. The van der Waals surface area contributed by atoms with Crippen LogP contribution >= 0.6 is 0 Å². The molecule has 2 saturated heterocycles. The molecule has 164 valence electrons. The van der Waals surface area contributed by atoms with E-state index < -0.39 is 0 Å². The summed E-state index contributed by atoms with van der Waals surface area (Å²) in [6.45, 7) is 3.85. The van der Waals surface area contributed by atoms with Crippen LogP contribution in [0.25, 0.3) is 0 Å². The van der Waals surface area contributed by atoms with Crippen molar-refractivity contribution in [1.82, 2.24) is 15.1 Å². The highest BCUT2D eigenvalue weighted by molar-refractivity contribution is 5.89. The molecule has 2 aliphatic rings. The third-order valence-electron chi connectivity index (χ3n) is 6.32. The van der Waals surface area contributed by atoms with Gasteiger partial charge in [0.15, 0.2) is 0 Å². The number of para-hydroxylation sites is 1. The first-order valence-electron chi connectivity index (χ1n) is 11.1. The van der Waals surface area contributed by atoms with Crippen LogP contribution in [-0.2, 0) is 22.7 Å². The fraction of sp³-hybridized carbons (Fsp3) is 0.440. The Kier molecular flexibility index (Phi) is 6.87. The van der Waals surface area contributed by atoms with Crippen LogP contribution in [0.15, 0.2) is 54.6 Å². The maximum atomic E-state index is 12.8. The topological polar surface area (TPSA) is 61.9 Å². The molecule has 4 rings (SSSR count). The molecule has 2 aromatic rings. The lowest BCUT2D eigenvalue weighted by Crippen LogP contribution is -2.46. The normalized spacial score (nSPS) is 20.1. The molecule has 2 heterocycles. The molecule has 31 heavy (non-hydrogen) atoms. The van der Waals surface area contributed by atoms with Crippen molar-refractivity contribution in [3.63, 3.8) is 0 Å². The summed E-state index contributed by atoms with van der Waals surface area (Å²) in [4.78, 5) is 29.5. The second-order valence-corrected chi connectivity index (χ2v) is 8.53. The predicted molar refractivity (Wildman–Crippen MR) is 119 cm³/mol. The van der Waals surface area contributed by atoms with E-state index in [0.29, 0.717) is 13.1 Å². The van der Waals surface area contributed by atoms with Crippen molar-refractivity contribution in [1.29, 1.82) is 0 Å². The van der Waals surface area contributed by atoms with E-state index in [9.17, 15) is 9.59 Å². The van der Waals surface area contributed by atoms with E-state index in [1.165, 1.54) is 5.56 Å². The Morgan fingerprint density at radius 2 is 1.74 bits per heavy atom. The molecule has 1 unspecified atom stereocenters. The van der Waals surface area contributed by atoms with Crippen molar-refractivity contribution >= 4 is 11.8 Å². The zero-order valence-electron chi connectivity index (χ0n) is 18.1. The average Bonchev–Trinajstić information content (AvgIpc) is 3.16. The molecule has 0 radical (unpaired) electrons. The molecule has 0 bridgehead atoms. The number of carbonyl (C=O) groups excluding carboxylic acids is 2. The van der Waals surface area contributed by atoms with Crippen molar-refractivity contribution in [3.8, 4) is 5.75 Å². The number of amides is 2. The summed E-state index contributed by atoms with van der Waals surface area (Å²) < 4.78 is 5.39. The van der Waals surface area contributed by atoms with Crippen LogP contribution in [0.4, 0.5) is 0 Å². The van der Waals surface area contributed by atoms with Crippen LogP contribution in [0.5, 0.6) is 5.75 Å². The van der Waals surface area contributed by atoms with Gasteiger partial charge in [-0.25, -0.2) is 0 Å². The van der Waals surface area contributed by atoms with Crippen molar-refractivity contribution in [2.75, 3.05) is 26.7 Å². The minimum absolute atomic E-state index is 0.0115. The summed E-state index contributed by atoms with van der Waals surface area (Å²) in [6, 6.07) is 18.4. The Hall–Kier alpha value is -2.86. The molecular weight excluding hydrogens is 390 g/mol. The fourth-order valence-electron chi connectivity index (χ4n) is 4.54. The Morgan fingerprint density at radius 3 is 2.48 bits per heavy atom. The molecule has 0 aliphatic carbocycles. The molecule has 6 nitrogen and oxygen atoms in total. The molecule has 1 N–H and O–H groups in total. The lowest BCUT2D eigenvalue weighted by Gasteiger charge is -2.32. The number of ether oxygens (including phenoxy) is 1. The van der Waals surface area contributed by atoms with E-state index in [2.05, 4.69) is 34.5 Å². The summed E-state index contributed by atoms with van der Waals surface area (Å²) in [5.41, 5.74) is 2.29. The van der Waals surface area contributed by atoms with Gasteiger partial charge in [0.25, 0.3) is 0 Å². The van der Waals surface area contributed by atoms with E-state index in [1.54, 1.807) is 12.0 Å². The molecule has 2 amide bonds. The number of nitrogens with one attached hydrogen (secondary N) is 1. The third kappa shape index (κ3) is 5.44. The number of carbonyl (C=O) groups is 2. The summed E-state index contributed by atoms with van der Waals surface area (Å²) in [7, 11) is 1.63. The average molecular weight is 422 g/mol. The Labute approximate surface area is 184 Å². The lowest BCUT2D eigenvalue weighted by molar-refractivity contribution is -0.129. The second kappa shape index (κ2) is 9.96. The smallest absolute Gasteiger partial charge is 0.225 e. The number of piperidine rings is 1. The number of nitrogens with zero attached hydrogens (tertiary/aromatic N) is 2. The summed E-state index contributed by atoms with van der Waals surface area (Å²) in [5, 5.41) is 3.20. The quantitative estimate of drug-likeness (QED) is 0.747. The van der Waals surface area contributed by atoms with E-state index in [-0.39, 0.29) is 30.2 Å². The number of rotatable bonds is 7. The number of methoxy groups -OCH3 is 1. The van der Waals surface area contributed by atoms with Gasteiger partial charge in [0.1, 0.15) is 5.75 Å². The van der Waals surface area contributed by atoms with Gasteiger partial charge in [-0.15, -0.1) is 0 Å². The third-order valence-corrected chi connectivity index (χ3v) is 6.32. The van der Waals surface area contributed by atoms with Crippen molar-refractivity contribution < 1.29 is 14.3 Å². The largest absolute Gasteiger partial charge is 0.496 e. The fourth-order valence-corrected chi connectivity index (χ4v) is 4.54. The molecule has 1 atom stereocenters. The van der Waals surface area contributed by atoms with Gasteiger partial charge in [-0.3, -0.25) is 14.5 Å². The second-order valence-electron chi connectivity index (χ2n) is 8.53. The van der Waals surface area contributed by atoms with Crippen LogP contribution in [-0.4, -0.2) is 54.4 Å². The van der Waals surface area contributed by atoms with Gasteiger partial charge in [0.2, 0.25) is 11.8 Å². The Morgan fingerprint density at radius 1 is 1.03 bits per heavy atom. The molecule has 2 aromatic carbocycles. The highest BCUT2D eigenvalue weighted by Gasteiger charge is 2.35. The van der Waals surface area contributed by atoms with Gasteiger partial charge in [0, 0.05) is 50.7 Å². The first-order valence-corrected chi connectivity index (χ1v) is 11.1. The number of hydrogen-bond donors (Lipinski definition) is 1. The standard InChI is InChI=1S/C25H31N3O3/c1-31-23-10-6-5-9-20(23)17-28-18-21(15-24(28)29)25(30)26-22-11-13-27(14-12-22)16-19-7-3-2-4-8-19/h2-10,21-22H,11-18H2,1H3,(H,26,30). The zero-order valence-corrected chi connectivity index (χ0v) is 18.1. The van der Waals surface area contributed by atoms with Gasteiger partial charge in [-0.05, 0) is 24.5 Å². The van der Waals surface area contributed by atoms with Crippen LogP contribution in [0.3, 0.4) is 0 Å². The van der Waals surface area contributed by atoms with E-state index >= 15 is 0 Å². The van der Waals surface area contributed by atoms with Gasteiger partial charge in [-0.1, -0.05) is 48.5 Å². The molecule has 6 heteroatoms.